The number of phenolic OH excluding ortho intramolecular Hbond substituents is 1. The second-order valence-corrected chi connectivity index (χ2v) is 4.56. The molecular weight excluding hydrogens is 270 g/mol. The van der Waals surface area contributed by atoms with Gasteiger partial charge in [-0.3, -0.25) is 4.79 Å². The van der Waals surface area contributed by atoms with Crippen molar-refractivity contribution in [1.29, 1.82) is 0 Å². The number of aromatic carboxylic acids is 1. The fourth-order valence-corrected chi connectivity index (χ4v) is 1.89. The number of phenols is 1. The molecule has 0 saturated carbocycles. The van der Waals surface area contributed by atoms with Crippen molar-refractivity contribution in [2.45, 2.75) is 12.8 Å². The lowest BCUT2D eigenvalue weighted by Crippen LogP contribution is -2.12. The predicted molar refractivity (Wildman–Crippen MR) is 78.5 cm³/mol. The zero-order chi connectivity index (χ0) is 15.2. The van der Waals surface area contributed by atoms with Gasteiger partial charge in [-0.2, -0.15) is 0 Å². The molecule has 2 rings (SSSR count). The van der Waals surface area contributed by atoms with Gasteiger partial charge in [-0.15, -0.1) is 0 Å². The van der Waals surface area contributed by atoms with Gasteiger partial charge < -0.3 is 15.5 Å². The Labute approximate surface area is 121 Å². The molecule has 0 bridgehead atoms. The summed E-state index contributed by atoms with van der Waals surface area (Å²) >= 11 is 0. The summed E-state index contributed by atoms with van der Waals surface area (Å²) in [7, 11) is 0. The van der Waals surface area contributed by atoms with Gasteiger partial charge >= 0.3 is 5.97 Å². The first-order chi connectivity index (χ1) is 10.1. The summed E-state index contributed by atoms with van der Waals surface area (Å²) in [5.74, 6) is -1.02. The van der Waals surface area contributed by atoms with Crippen LogP contribution in [0.5, 0.6) is 5.75 Å². The number of carboxylic acid groups (broad SMARTS) is 1. The molecule has 2 aromatic carbocycles. The van der Waals surface area contributed by atoms with E-state index in [1.807, 2.05) is 0 Å². The summed E-state index contributed by atoms with van der Waals surface area (Å²) in [5, 5.41) is 21.1. The third-order valence-corrected chi connectivity index (χ3v) is 3.03. The molecular formula is C16H15NO4. The maximum Gasteiger partial charge on any atom is 0.335 e. The van der Waals surface area contributed by atoms with Crippen LogP contribution in [-0.4, -0.2) is 22.1 Å². The highest BCUT2D eigenvalue weighted by molar-refractivity contribution is 5.92. The highest BCUT2D eigenvalue weighted by Crippen LogP contribution is 2.17. The lowest BCUT2D eigenvalue weighted by molar-refractivity contribution is -0.116. The van der Waals surface area contributed by atoms with Crippen molar-refractivity contribution in [2.75, 3.05) is 5.32 Å². The molecule has 0 saturated heterocycles. The van der Waals surface area contributed by atoms with E-state index in [1.54, 1.807) is 36.4 Å². The van der Waals surface area contributed by atoms with Crippen LogP contribution in [0.15, 0.2) is 48.5 Å². The minimum Gasteiger partial charge on any atom is -0.508 e. The number of hydrogen-bond donors (Lipinski definition) is 3. The van der Waals surface area contributed by atoms with Gasteiger partial charge in [0.05, 0.1) is 5.56 Å². The number of anilines is 1. The third kappa shape index (κ3) is 4.07. The summed E-state index contributed by atoms with van der Waals surface area (Å²) in [6.45, 7) is 0. The van der Waals surface area contributed by atoms with Crippen LogP contribution in [0.1, 0.15) is 22.3 Å². The Balaban J connectivity index is 1.90. The van der Waals surface area contributed by atoms with Crippen LogP contribution < -0.4 is 5.32 Å². The number of aromatic hydroxyl groups is 1. The average molecular weight is 285 g/mol. The molecule has 0 atom stereocenters. The Morgan fingerprint density at radius 1 is 1.00 bits per heavy atom. The molecule has 108 valence electrons. The Bertz CT molecular complexity index is 650. The van der Waals surface area contributed by atoms with E-state index in [1.165, 1.54) is 12.1 Å². The first-order valence-corrected chi connectivity index (χ1v) is 6.46. The lowest BCUT2D eigenvalue weighted by Gasteiger charge is -2.06. The van der Waals surface area contributed by atoms with Crippen molar-refractivity contribution in [1.82, 2.24) is 0 Å². The Morgan fingerprint density at radius 3 is 2.29 bits per heavy atom. The van der Waals surface area contributed by atoms with Crippen molar-refractivity contribution in [2.24, 2.45) is 0 Å². The van der Waals surface area contributed by atoms with Crippen molar-refractivity contribution >= 4 is 17.6 Å². The summed E-state index contributed by atoms with van der Waals surface area (Å²) in [4.78, 5) is 22.5. The van der Waals surface area contributed by atoms with Gasteiger partial charge in [0.2, 0.25) is 5.91 Å². The van der Waals surface area contributed by atoms with Crippen molar-refractivity contribution in [3.05, 3.63) is 59.7 Å². The van der Waals surface area contributed by atoms with Crippen molar-refractivity contribution < 1.29 is 19.8 Å². The number of para-hydroxylation sites is 1. The van der Waals surface area contributed by atoms with E-state index in [2.05, 4.69) is 5.32 Å². The van der Waals surface area contributed by atoms with E-state index in [9.17, 15) is 14.7 Å². The molecule has 0 radical (unpaired) electrons. The van der Waals surface area contributed by atoms with Gasteiger partial charge in [-0.1, -0.05) is 18.2 Å². The summed E-state index contributed by atoms with van der Waals surface area (Å²) in [6.07, 6.45) is 0.671. The van der Waals surface area contributed by atoms with E-state index in [4.69, 9.17) is 5.11 Å². The molecule has 0 unspecified atom stereocenters. The molecule has 0 fully saturated rings. The first kappa shape index (κ1) is 14.6. The maximum atomic E-state index is 11.8. The van der Waals surface area contributed by atoms with E-state index < -0.39 is 5.97 Å². The second-order valence-electron chi connectivity index (χ2n) is 4.56. The lowest BCUT2D eigenvalue weighted by atomic mass is 10.1. The largest absolute Gasteiger partial charge is 0.508 e. The quantitative estimate of drug-likeness (QED) is 0.788. The first-order valence-electron chi connectivity index (χ1n) is 6.46. The number of nitrogens with one attached hydrogen (secondary N) is 1. The Hall–Kier alpha value is -2.82. The maximum absolute atomic E-state index is 11.8. The fraction of sp³-hybridized carbons (Fsp3) is 0.125. The van der Waals surface area contributed by atoms with Crippen LogP contribution in [0.25, 0.3) is 0 Å². The smallest absolute Gasteiger partial charge is 0.335 e. The van der Waals surface area contributed by atoms with Crippen molar-refractivity contribution in [3.8, 4) is 5.75 Å². The zero-order valence-electron chi connectivity index (χ0n) is 11.2. The van der Waals surface area contributed by atoms with Crippen LogP contribution in [0, 0.1) is 0 Å². The number of hydrogen-bond acceptors (Lipinski definition) is 3. The van der Waals surface area contributed by atoms with Gasteiger partial charge in [0.25, 0.3) is 0 Å². The number of aryl methyl sites for hydroxylation is 1. The van der Waals surface area contributed by atoms with Gasteiger partial charge in [-0.25, -0.2) is 4.79 Å². The number of benzene rings is 2. The molecule has 2 aromatic rings. The van der Waals surface area contributed by atoms with Crippen LogP contribution in [-0.2, 0) is 11.2 Å². The minimum atomic E-state index is -1.01. The SMILES string of the molecule is O=C(CCc1ccccc1O)Nc1ccc(C(=O)O)cc1. The molecule has 5 heteroatoms. The molecule has 0 aliphatic heterocycles. The molecule has 0 heterocycles. The van der Waals surface area contributed by atoms with Gasteiger partial charge in [-0.05, 0) is 42.3 Å². The molecule has 5 nitrogen and oxygen atoms in total. The van der Waals surface area contributed by atoms with Gasteiger partial charge in [0.15, 0.2) is 0 Å². The average Bonchev–Trinajstić information content (AvgIpc) is 2.47. The van der Waals surface area contributed by atoms with E-state index in [0.717, 1.165) is 0 Å². The molecule has 1 amide bonds. The normalized spacial score (nSPS) is 10.1. The second kappa shape index (κ2) is 6.56. The molecule has 0 spiro atoms. The van der Waals surface area contributed by atoms with E-state index in [0.29, 0.717) is 17.7 Å². The summed E-state index contributed by atoms with van der Waals surface area (Å²) in [5.41, 5.74) is 1.43. The monoisotopic (exact) mass is 285 g/mol. The Morgan fingerprint density at radius 2 is 1.67 bits per heavy atom. The molecule has 0 aliphatic carbocycles. The third-order valence-electron chi connectivity index (χ3n) is 3.03. The molecule has 3 N–H and O–H groups in total. The van der Waals surface area contributed by atoms with Crippen LogP contribution in [0.2, 0.25) is 0 Å². The van der Waals surface area contributed by atoms with E-state index in [-0.39, 0.29) is 23.6 Å². The topological polar surface area (TPSA) is 86.6 Å². The molecule has 0 aromatic heterocycles. The number of carbonyl (C=O) groups is 2. The summed E-state index contributed by atoms with van der Waals surface area (Å²) < 4.78 is 0. The van der Waals surface area contributed by atoms with Crippen molar-refractivity contribution in [3.63, 3.8) is 0 Å². The van der Waals surface area contributed by atoms with Crippen LogP contribution >= 0.6 is 0 Å². The van der Waals surface area contributed by atoms with E-state index >= 15 is 0 Å². The zero-order valence-corrected chi connectivity index (χ0v) is 11.2. The number of carbonyl (C=O) groups excluding carboxylic acids is 1. The number of carboxylic acids is 1. The highest BCUT2D eigenvalue weighted by atomic mass is 16.4. The number of amides is 1. The predicted octanol–water partition coefficient (Wildman–Crippen LogP) is 2.66. The standard InChI is InChI=1S/C16H15NO4/c18-14-4-2-1-3-11(14)7-10-15(19)17-13-8-5-12(6-9-13)16(20)21/h1-6,8-9,18H,7,10H2,(H,17,19)(H,20,21). The molecule has 21 heavy (non-hydrogen) atoms. The molecule has 0 aliphatic rings. The van der Waals surface area contributed by atoms with Crippen LogP contribution in [0.4, 0.5) is 5.69 Å². The minimum absolute atomic E-state index is 0.169. The fourth-order valence-electron chi connectivity index (χ4n) is 1.89. The van der Waals surface area contributed by atoms with Crippen LogP contribution in [0.3, 0.4) is 0 Å². The Kier molecular flexibility index (Phi) is 4.56. The summed E-state index contributed by atoms with van der Waals surface area (Å²) in [6, 6.07) is 12.8. The highest BCUT2D eigenvalue weighted by Gasteiger charge is 2.07. The number of rotatable bonds is 5. The van der Waals surface area contributed by atoms with Gasteiger partial charge in [0, 0.05) is 12.1 Å². The van der Waals surface area contributed by atoms with Gasteiger partial charge in [0.1, 0.15) is 5.75 Å².